The van der Waals surface area contributed by atoms with E-state index in [9.17, 15) is 4.39 Å². The van der Waals surface area contributed by atoms with Gasteiger partial charge in [-0.2, -0.15) is 0 Å². The summed E-state index contributed by atoms with van der Waals surface area (Å²) in [5.41, 5.74) is 6.71. The smallest absolute Gasteiger partial charge is 0.123 e. The molecule has 0 aliphatic heterocycles. The summed E-state index contributed by atoms with van der Waals surface area (Å²) in [6.07, 6.45) is 0.858. The lowest BCUT2D eigenvalue weighted by atomic mass is 9.79. The van der Waals surface area contributed by atoms with Gasteiger partial charge in [0, 0.05) is 6.04 Å². The number of nitrogens with two attached hydrogens (primary N) is 1. The number of benzene rings is 1. The zero-order valence-electron chi connectivity index (χ0n) is 9.05. The van der Waals surface area contributed by atoms with E-state index in [4.69, 9.17) is 5.73 Å². The van der Waals surface area contributed by atoms with Crippen LogP contribution in [0.15, 0.2) is 24.3 Å². The highest BCUT2D eigenvalue weighted by Gasteiger charge is 2.22. The molecule has 1 nitrogen and oxygen atoms in total. The van der Waals surface area contributed by atoms with E-state index in [-0.39, 0.29) is 17.3 Å². The van der Waals surface area contributed by atoms with E-state index in [1.807, 2.05) is 13.0 Å². The Hall–Kier alpha value is -0.890. The van der Waals surface area contributed by atoms with E-state index in [1.54, 1.807) is 12.1 Å². The molecule has 14 heavy (non-hydrogen) atoms. The van der Waals surface area contributed by atoms with Crippen LogP contribution in [-0.2, 0) is 5.41 Å². The van der Waals surface area contributed by atoms with Gasteiger partial charge in [-0.15, -0.1) is 0 Å². The first-order chi connectivity index (χ1) is 6.42. The van der Waals surface area contributed by atoms with Crippen LogP contribution < -0.4 is 5.73 Å². The molecule has 78 valence electrons. The van der Waals surface area contributed by atoms with Crippen molar-refractivity contribution in [1.29, 1.82) is 0 Å². The van der Waals surface area contributed by atoms with Crippen LogP contribution in [0, 0.1) is 5.82 Å². The summed E-state index contributed by atoms with van der Waals surface area (Å²) < 4.78 is 13.0. The first kappa shape index (κ1) is 11.2. The number of rotatable bonds is 3. The predicted molar refractivity (Wildman–Crippen MR) is 57.7 cm³/mol. The molecule has 0 bridgehead atoms. The number of halogens is 1. The summed E-state index contributed by atoms with van der Waals surface area (Å²) >= 11 is 0. The van der Waals surface area contributed by atoms with E-state index < -0.39 is 0 Å². The second-order valence-corrected chi connectivity index (χ2v) is 4.58. The molecule has 1 aromatic rings. The molecule has 1 aromatic carbocycles. The van der Waals surface area contributed by atoms with Crippen molar-refractivity contribution in [2.45, 2.75) is 38.6 Å². The summed E-state index contributed by atoms with van der Waals surface area (Å²) in [5.74, 6) is -0.180. The minimum atomic E-state index is -0.180. The third kappa shape index (κ3) is 2.81. The Morgan fingerprint density at radius 1 is 1.43 bits per heavy atom. The van der Waals surface area contributed by atoms with E-state index in [2.05, 4.69) is 13.8 Å². The molecule has 0 amide bonds. The molecule has 0 fully saturated rings. The van der Waals surface area contributed by atoms with Crippen LogP contribution in [0.4, 0.5) is 4.39 Å². The Balaban J connectivity index is 2.91. The van der Waals surface area contributed by atoms with Gasteiger partial charge in [-0.05, 0) is 36.5 Å². The van der Waals surface area contributed by atoms with Crippen molar-refractivity contribution in [1.82, 2.24) is 0 Å². The third-order valence-corrected chi connectivity index (χ3v) is 2.44. The molecule has 0 aliphatic carbocycles. The summed E-state index contributed by atoms with van der Waals surface area (Å²) in [4.78, 5) is 0. The SMILES string of the molecule is CC(N)CC(C)(C)c1cccc(F)c1. The van der Waals surface area contributed by atoms with Gasteiger partial charge in [0.1, 0.15) is 5.82 Å². The van der Waals surface area contributed by atoms with Crippen LogP contribution in [0.3, 0.4) is 0 Å². The summed E-state index contributed by atoms with van der Waals surface area (Å²) in [6, 6.07) is 6.88. The highest BCUT2D eigenvalue weighted by molar-refractivity contribution is 5.24. The molecule has 0 aromatic heterocycles. The molecule has 2 heteroatoms. The average Bonchev–Trinajstić information content (AvgIpc) is 2.01. The Labute approximate surface area is 85.1 Å². The van der Waals surface area contributed by atoms with Crippen LogP contribution in [0.2, 0.25) is 0 Å². The van der Waals surface area contributed by atoms with Gasteiger partial charge in [0.2, 0.25) is 0 Å². The van der Waals surface area contributed by atoms with Crippen molar-refractivity contribution in [2.24, 2.45) is 5.73 Å². The fourth-order valence-electron chi connectivity index (χ4n) is 1.83. The zero-order chi connectivity index (χ0) is 10.8. The predicted octanol–water partition coefficient (Wildman–Crippen LogP) is 2.84. The van der Waals surface area contributed by atoms with Crippen molar-refractivity contribution in [2.75, 3.05) is 0 Å². The molecule has 0 aliphatic rings. The maximum atomic E-state index is 13.0. The standard InChI is InChI=1S/C12H18FN/c1-9(14)8-12(2,3)10-5-4-6-11(13)7-10/h4-7,9H,8,14H2,1-3H3. The Morgan fingerprint density at radius 3 is 2.57 bits per heavy atom. The van der Waals surface area contributed by atoms with Gasteiger partial charge in [-0.25, -0.2) is 4.39 Å². The first-order valence-electron chi connectivity index (χ1n) is 4.93. The third-order valence-electron chi connectivity index (χ3n) is 2.44. The van der Waals surface area contributed by atoms with Crippen molar-refractivity contribution >= 4 is 0 Å². The van der Waals surface area contributed by atoms with Crippen molar-refractivity contribution in [3.63, 3.8) is 0 Å². The van der Waals surface area contributed by atoms with Gasteiger partial charge in [0.25, 0.3) is 0 Å². The molecule has 1 rings (SSSR count). The summed E-state index contributed by atoms with van der Waals surface area (Å²) in [5, 5.41) is 0. The molecular formula is C12H18FN. The highest BCUT2D eigenvalue weighted by Crippen LogP contribution is 2.28. The van der Waals surface area contributed by atoms with Gasteiger partial charge >= 0.3 is 0 Å². The number of hydrogen-bond donors (Lipinski definition) is 1. The van der Waals surface area contributed by atoms with E-state index >= 15 is 0 Å². The van der Waals surface area contributed by atoms with E-state index in [0.717, 1.165) is 12.0 Å². The zero-order valence-corrected chi connectivity index (χ0v) is 9.05. The van der Waals surface area contributed by atoms with Crippen LogP contribution in [0.1, 0.15) is 32.8 Å². The lowest BCUT2D eigenvalue weighted by molar-refractivity contribution is 0.435. The van der Waals surface area contributed by atoms with Crippen LogP contribution >= 0.6 is 0 Å². The highest BCUT2D eigenvalue weighted by atomic mass is 19.1. The van der Waals surface area contributed by atoms with Crippen LogP contribution in [0.5, 0.6) is 0 Å². The second-order valence-electron chi connectivity index (χ2n) is 4.58. The van der Waals surface area contributed by atoms with Crippen molar-refractivity contribution in [3.8, 4) is 0 Å². The second kappa shape index (κ2) is 4.09. The van der Waals surface area contributed by atoms with Gasteiger partial charge in [-0.3, -0.25) is 0 Å². The molecule has 1 unspecified atom stereocenters. The topological polar surface area (TPSA) is 26.0 Å². The fraction of sp³-hybridized carbons (Fsp3) is 0.500. The lowest BCUT2D eigenvalue weighted by Crippen LogP contribution is -2.28. The molecule has 0 heterocycles. The van der Waals surface area contributed by atoms with Gasteiger partial charge < -0.3 is 5.73 Å². The van der Waals surface area contributed by atoms with Gasteiger partial charge in [0.15, 0.2) is 0 Å². The Bertz CT molecular complexity index is 305. The molecular weight excluding hydrogens is 177 g/mol. The molecule has 0 radical (unpaired) electrons. The molecule has 0 spiro atoms. The van der Waals surface area contributed by atoms with Gasteiger partial charge in [0.05, 0.1) is 0 Å². The van der Waals surface area contributed by atoms with E-state index in [1.165, 1.54) is 6.07 Å². The first-order valence-corrected chi connectivity index (χ1v) is 4.93. The lowest BCUT2D eigenvalue weighted by Gasteiger charge is -2.27. The van der Waals surface area contributed by atoms with Gasteiger partial charge in [-0.1, -0.05) is 26.0 Å². The quantitative estimate of drug-likeness (QED) is 0.788. The molecule has 1 atom stereocenters. The molecule has 0 saturated carbocycles. The number of hydrogen-bond acceptors (Lipinski definition) is 1. The summed E-state index contributed by atoms with van der Waals surface area (Å²) in [6.45, 7) is 6.15. The Morgan fingerprint density at radius 2 is 2.07 bits per heavy atom. The van der Waals surface area contributed by atoms with Crippen LogP contribution in [-0.4, -0.2) is 6.04 Å². The average molecular weight is 195 g/mol. The fourth-order valence-corrected chi connectivity index (χ4v) is 1.83. The minimum absolute atomic E-state index is 0.0593. The normalized spacial score (nSPS) is 14.1. The monoisotopic (exact) mass is 195 g/mol. The maximum Gasteiger partial charge on any atom is 0.123 e. The molecule has 2 N–H and O–H groups in total. The molecule has 0 saturated heterocycles. The summed E-state index contributed by atoms with van der Waals surface area (Å²) in [7, 11) is 0. The van der Waals surface area contributed by atoms with E-state index in [0.29, 0.717) is 0 Å². The minimum Gasteiger partial charge on any atom is -0.328 e. The maximum absolute atomic E-state index is 13.0. The largest absolute Gasteiger partial charge is 0.328 e. The van der Waals surface area contributed by atoms with Crippen molar-refractivity contribution < 1.29 is 4.39 Å². The van der Waals surface area contributed by atoms with Crippen molar-refractivity contribution in [3.05, 3.63) is 35.6 Å². The van der Waals surface area contributed by atoms with Crippen LogP contribution in [0.25, 0.3) is 0 Å². The Kier molecular flexibility index (Phi) is 3.27.